The normalized spacial score (nSPS) is 15.6. The second kappa shape index (κ2) is 16.2. The number of halogens is 1. The zero-order chi connectivity index (χ0) is 28.1. The fourth-order valence-electron chi connectivity index (χ4n) is 4.41. The van der Waals surface area contributed by atoms with Gasteiger partial charge in [-0.1, -0.05) is 81.0 Å². The Morgan fingerprint density at radius 3 is 2.42 bits per heavy atom. The average Bonchev–Trinajstić information content (AvgIpc) is 3.74. The van der Waals surface area contributed by atoms with Crippen LogP contribution < -0.4 is 5.32 Å². The summed E-state index contributed by atoms with van der Waals surface area (Å²) in [4.78, 5) is 8.22. The monoisotopic (exact) mass is 535 g/mol. The minimum Gasteiger partial charge on any atom is -0.354 e. The Kier molecular flexibility index (Phi) is 13.4. The van der Waals surface area contributed by atoms with Crippen molar-refractivity contribution in [2.75, 3.05) is 6.54 Å². The molecule has 1 aromatic rings. The lowest BCUT2D eigenvalue weighted by molar-refractivity contribution is 0.280. The summed E-state index contributed by atoms with van der Waals surface area (Å²) in [6.45, 7) is 18.9. The van der Waals surface area contributed by atoms with Gasteiger partial charge in [-0.2, -0.15) is 0 Å². The Labute approximate surface area is 236 Å². The molecule has 38 heavy (non-hydrogen) atoms. The van der Waals surface area contributed by atoms with Crippen LogP contribution in [0.1, 0.15) is 78.7 Å². The summed E-state index contributed by atoms with van der Waals surface area (Å²) in [5, 5.41) is 3.07. The van der Waals surface area contributed by atoms with Crippen molar-refractivity contribution in [2.45, 2.75) is 85.6 Å². The number of aryl methyl sites for hydroxylation is 1. The Balaban J connectivity index is 2.74. The molecule has 1 aliphatic carbocycles. The fraction of sp³-hybridized carbons (Fsp3) is 0.455. The van der Waals surface area contributed by atoms with Gasteiger partial charge in [-0.15, -0.1) is 0 Å². The molecule has 1 fully saturated rings. The van der Waals surface area contributed by atoms with Crippen molar-refractivity contribution in [1.82, 2.24) is 10.2 Å². The van der Waals surface area contributed by atoms with Gasteiger partial charge >= 0.3 is 0 Å². The largest absolute Gasteiger partial charge is 0.354 e. The Morgan fingerprint density at radius 2 is 1.87 bits per heavy atom. The molecule has 0 aliphatic heterocycles. The van der Waals surface area contributed by atoms with Crippen molar-refractivity contribution >= 4 is 22.9 Å². The molecule has 206 valence electrons. The SMILES string of the molecule is C=CNC(=S)/C(C)=C(/N=C(CCc1ccccc1)/C(/C=C(/F)C=C)=C(/C)CCC1CC1)N(CCC)C(C)C. The second-order valence-electron chi connectivity index (χ2n) is 10.4. The summed E-state index contributed by atoms with van der Waals surface area (Å²) in [7, 11) is 0. The maximum absolute atomic E-state index is 14.8. The molecule has 0 atom stereocenters. The van der Waals surface area contributed by atoms with E-state index in [2.05, 4.69) is 75.3 Å². The third-order valence-electron chi connectivity index (χ3n) is 6.88. The molecular formula is C33H46FN3S. The minimum atomic E-state index is -0.349. The van der Waals surface area contributed by atoms with Gasteiger partial charge in [0.15, 0.2) is 0 Å². The molecule has 0 amide bonds. The lowest BCUT2D eigenvalue weighted by Gasteiger charge is -2.31. The number of aliphatic imine (C=N–C) groups is 1. The van der Waals surface area contributed by atoms with Gasteiger partial charge in [0.2, 0.25) is 0 Å². The molecule has 2 rings (SSSR count). The van der Waals surface area contributed by atoms with Crippen LogP contribution in [0.2, 0.25) is 0 Å². The molecule has 1 N–H and O–H groups in total. The van der Waals surface area contributed by atoms with Gasteiger partial charge < -0.3 is 10.2 Å². The lowest BCUT2D eigenvalue weighted by Crippen LogP contribution is -2.33. The predicted molar refractivity (Wildman–Crippen MR) is 167 cm³/mol. The molecule has 1 saturated carbocycles. The predicted octanol–water partition coefficient (Wildman–Crippen LogP) is 9.02. The smallest absolute Gasteiger partial charge is 0.134 e. The van der Waals surface area contributed by atoms with Crippen LogP contribution in [0.25, 0.3) is 0 Å². The van der Waals surface area contributed by atoms with E-state index in [1.807, 2.05) is 13.0 Å². The van der Waals surface area contributed by atoms with Gasteiger partial charge in [0.25, 0.3) is 0 Å². The van der Waals surface area contributed by atoms with E-state index in [1.54, 1.807) is 12.3 Å². The molecule has 0 heterocycles. The first-order valence-electron chi connectivity index (χ1n) is 13.9. The third kappa shape index (κ3) is 10.2. The maximum Gasteiger partial charge on any atom is 0.134 e. The number of hydrogen-bond acceptors (Lipinski definition) is 3. The van der Waals surface area contributed by atoms with E-state index in [0.717, 1.165) is 66.4 Å². The number of nitrogens with one attached hydrogen (secondary N) is 1. The Hall–Kier alpha value is -2.79. The number of thiocarbonyl (C=S) groups is 1. The molecular weight excluding hydrogens is 489 g/mol. The van der Waals surface area contributed by atoms with Gasteiger partial charge in [-0.25, -0.2) is 9.38 Å². The number of benzene rings is 1. The summed E-state index contributed by atoms with van der Waals surface area (Å²) >= 11 is 5.69. The molecule has 1 aromatic carbocycles. The van der Waals surface area contributed by atoms with Crippen molar-refractivity contribution in [3.05, 3.63) is 95.8 Å². The van der Waals surface area contributed by atoms with Crippen molar-refractivity contribution < 1.29 is 4.39 Å². The number of hydrogen-bond donors (Lipinski definition) is 1. The lowest BCUT2D eigenvalue weighted by atomic mass is 9.94. The Morgan fingerprint density at radius 1 is 1.18 bits per heavy atom. The molecule has 0 aromatic heterocycles. The molecule has 1 aliphatic rings. The van der Waals surface area contributed by atoms with Crippen molar-refractivity contribution in [3.8, 4) is 0 Å². The molecule has 0 radical (unpaired) electrons. The highest BCUT2D eigenvalue weighted by Crippen LogP contribution is 2.35. The average molecular weight is 536 g/mol. The molecule has 3 nitrogen and oxygen atoms in total. The van der Waals surface area contributed by atoms with Crippen LogP contribution in [0.4, 0.5) is 4.39 Å². The van der Waals surface area contributed by atoms with Crippen LogP contribution in [-0.2, 0) is 6.42 Å². The van der Waals surface area contributed by atoms with Crippen LogP contribution in [0.5, 0.6) is 0 Å². The van der Waals surface area contributed by atoms with E-state index >= 15 is 0 Å². The maximum atomic E-state index is 14.8. The highest BCUT2D eigenvalue weighted by molar-refractivity contribution is 7.80. The van der Waals surface area contributed by atoms with Crippen molar-refractivity contribution in [2.24, 2.45) is 10.9 Å². The minimum absolute atomic E-state index is 0.217. The standard InChI is InChI=1S/C33H46FN3S/c1-8-22-37(24(4)5)32(26(7)33(38)35-10-3)36-31(21-20-27-14-12-11-13-15-27)30(23-29(34)9-2)25(6)16-17-28-18-19-28/h9-15,23-24,28H,2-3,8,16-22H2,1,4-7H3,(H,35,38)/b29-23+,30-25-,32-26-,36-31+. The highest BCUT2D eigenvalue weighted by atomic mass is 32.1. The quantitative estimate of drug-likeness (QED) is 0.0990. The molecule has 0 bridgehead atoms. The van der Waals surface area contributed by atoms with Crippen molar-refractivity contribution in [1.29, 1.82) is 0 Å². The van der Waals surface area contributed by atoms with Crippen LogP contribution in [0.3, 0.4) is 0 Å². The highest BCUT2D eigenvalue weighted by Gasteiger charge is 2.23. The topological polar surface area (TPSA) is 27.6 Å². The van der Waals surface area contributed by atoms with Gasteiger partial charge in [0.1, 0.15) is 16.6 Å². The first-order valence-corrected chi connectivity index (χ1v) is 14.3. The summed E-state index contributed by atoms with van der Waals surface area (Å²) in [6, 6.07) is 10.6. The number of nitrogens with zero attached hydrogens (tertiary/aromatic N) is 2. The second-order valence-corrected chi connectivity index (χ2v) is 10.8. The first-order chi connectivity index (χ1) is 18.2. The van der Waals surface area contributed by atoms with E-state index in [0.29, 0.717) is 11.4 Å². The van der Waals surface area contributed by atoms with Gasteiger partial charge in [0, 0.05) is 18.2 Å². The van der Waals surface area contributed by atoms with Gasteiger partial charge in [-0.3, -0.25) is 0 Å². The zero-order valence-corrected chi connectivity index (χ0v) is 24.8. The fourth-order valence-corrected chi connectivity index (χ4v) is 4.59. The van der Waals surface area contributed by atoms with Crippen LogP contribution >= 0.6 is 12.2 Å². The number of rotatable bonds is 16. The summed E-state index contributed by atoms with van der Waals surface area (Å²) in [6.07, 6.45) is 11.6. The molecule has 0 unspecified atom stereocenters. The Bertz CT molecular complexity index is 1070. The van der Waals surface area contributed by atoms with Gasteiger partial charge in [-0.05, 0) is 95.2 Å². The van der Waals surface area contributed by atoms with E-state index in [9.17, 15) is 4.39 Å². The molecule has 0 spiro atoms. The van der Waals surface area contributed by atoms with Crippen LogP contribution in [-0.4, -0.2) is 28.2 Å². The van der Waals surface area contributed by atoms with Crippen LogP contribution in [0, 0.1) is 5.92 Å². The van der Waals surface area contributed by atoms with Crippen molar-refractivity contribution in [3.63, 3.8) is 0 Å². The van der Waals surface area contributed by atoms with E-state index in [1.165, 1.54) is 24.5 Å². The summed E-state index contributed by atoms with van der Waals surface area (Å²) in [5.74, 6) is 1.27. The number of allylic oxidation sites excluding steroid dienone is 5. The third-order valence-corrected chi connectivity index (χ3v) is 7.30. The van der Waals surface area contributed by atoms with E-state index < -0.39 is 0 Å². The van der Waals surface area contributed by atoms with E-state index in [-0.39, 0.29) is 11.9 Å². The zero-order valence-electron chi connectivity index (χ0n) is 24.0. The summed E-state index contributed by atoms with van der Waals surface area (Å²) < 4.78 is 14.8. The van der Waals surface area contributed by atoms with Crippen LogP contribution in [0.15, 0.2) is 95.2 Å². The van der Waals surface area contributed by atoms with Gasteiger partial charge in [0.05, 0.1) is 5.71 Å². The molecule has 5 heteroatoms. The summed E-state index contributed by atoms with van der Waals surface area (Å²) in [5.41, 5.74) is 5.01. The molecule has 0 saturated heterocycles. The van der Waals surface area contributed by atoms with E-state index in [4.69, 9.17) is 17.2 Å². The first kappa shape index (κ1) is 31.4.